The molecule has 0 N–H and O–H groups in total. The average Bonchev–Trinajstić information content (AvgIpc) is 0.841. The van der Waals surface area contributed by atoms with E-state index in [0.29, 0.717) is 23.3 Å². The third kappa shape index (κ3) is 8.89. The quantitative estimate of drug-likeness (QED) is 0.126. The van der Waals surface area contributed by atoms with Crippen molar-refractivity contribution in [3.63, 3.8) is 0 Å². The van der Waals surface area contributed by atoms with Gasteiger partial charge in [-0.2, -0.15) is 0 Å². The number of anilines is 6. The largest absolute Gasteiger partial charge is 0.311 e. The molecule has 12 aromatic carbocycles. The molecule has 90 heavy (non-hydrogen) atoms. The second kappa shape index (κ2) is 21.6. The Hall–Kier alpha value is -11.8. The zero-order chi connectivity index (χ0) is 59.8. The molecule has 0 amide bonds. The van der Waals surface area contributed by atoms with Crippen molar-refractivity contribution in [1.29, 1.82) is 0 Å². The molecular weight excluding hydrogens is 1100 g/mol. The van der Waals surface area contributed by atoms with Gasteiger partial charge < -0.3 is 14.4 Å². The number of benzene rings is 12. The van der Waals surface area contributed by atoms with Crippen LogP contribution in [0.15, 0.2) is 297 Å². The summed E-state index contributed by atoms with van der Waals surface area (Å²) in [4.78, 5) is 31.7. The van der Waals surface area contributed by atoms with E-state index in [1.165, 1.54) is 49.7 Å². The molecule has 15 aromatic rings. The average molecular weight is 1150 g/mol. The van der Waals surface area contributed by atoms with E-state index in [1.807, 2.05) is 66.7 Å². The van der Waals surface area contributed by atoms with Crippen molar-refractivity contribution in [2.75, 3.05) is 9.80 Å². The predicted octanol–water partition coefficient (Wildman–Crippen LogP) is 18.1. The summed E-state index contributed by atoms with van der Waals surface area (Å²) in [7, 11) is 0. The lowest BCUT2D eigenvalue weighted by atomic mass is 9.33. The minimum atomic E-state index is -0.0153. The van der Waals surface area contributed by atoms with Gasteiger partial charge in [0.05, 0.1) is 33.8 Å². The maximum atomic E-state index is 5.68. The maximum Gasteiger partial charge on any atom is 0.252 e. The van der Waals surface area contributed by atoms with Gasteiger partial charge in [-0.05, 0) is 127 Å². The standard InChI is InChI=1S/C81H55BN8/c1-52-36-44-70-63(48-52)64-49-53(2)37-45-71(64)90(70)72-46-42-59(80-86-78(57-24-10-4-11-25-57)85-79(87-80)58-26-12-5-13-27-58)50-65(72)81-83-68(55-22-8-3-9-23-55)51-69(84-81)56-40-38-54(39-41-56)62-43-47-75-76-77(62)89(61-30-16-7-17-31-61)74-35-21-19-33-67(74)82(76)66-32-18-20-34-73(66)88(75)60-28-14-6-15-29-60/h3-51H,1-2H3. The Balaban J connectivity index is 0.873. The monoisotopic (exact) mass is 1150 g/mol. The van der Waals surface area contributed by atoms with E-state index in [4.69, 9.17) is 24.9 Å². The first kappa shape index (κ1) is 52.5. The highest BCUT2D eigenvalue weighted by Gasteiger charge is 2.44. The number of rotatable bonds is 10. The highest BCUT2D eigenvalue weighted by molar-refractivity contribution is 7.00. The summed E-state index contributed by atoms with van der Waals surface area (Å²) >= 11 is 0. The summed E-state index contributed by atoms with van der Waals surface area (Å²) in [6, 6.07) is 106. The second-order valence-corrected chi connectivity index (χ2v) is 23.3. The number of nitrogens with zero attached hydrogens (tertiary/aromatic N) is 8. The number of para-hydroxylation sites is 4. The first-order chi connectivity index (χ1) is 44.5. The van der Waals surface area contributed by atoms with Gasteiger partial charge in [-0.1, -0.05) is 217 Å². The van der Waals surface area contributed by atoms with E-state index in [9.17, 15) is 0 Å². The van der Waals surface area contributed by atoms with E-state index in [-0.39, 0.29) is 6.71 Å². The van der Waals surface area contributed by atoms with Gasteiger partial charge in [-0.25, -0.2) is 24.9 Å². The lowest BCUT2D eigenvalue weighted by Gasteiger charge is -2.45. The summed E-state index contributed by atoms with van der Waals surface area (Å²) in [5, 5.41) is 2.36. The van der Waals surface area contributed by atoms with Crippen LogP contribution in [0.2, 0.25) is 0 Å². The van der Waals surface area contributed by atoms with E-state index in [1.54, 1.807) is 0 Å². The molecule has 0 saturated carbocycles. The molecule has 3 aromatic heterocycles. The van der Waals surface area contributed by atoms with Gasteiger partial charge >= 0.3 is 0 Å². The minimum Gasteiger partial charge on any atom is -0.311 e. The third-order valence-corrected chi connectivity index (χ3v) is 17.8. The fourth-order valence-electron chi connectivity index (χ4n) is 13.6. The van der Waals surface area contributed by atoms with Gasteiger partial charge in [-0.3, -0.25) is 0 Å². The molecule has 2 aliphatic heterocycles. The normalized spacial score (nSPS) is 12.3. The van der Waals surface area contributed by atoms with Crippen LogP contribution in [0.1, 0.15) is 11.1 Å². The van der Waals surface area contributed by atoms with Crippen LogP contribution in [0.4, 0.5) is 34.1 Å². The van der Waals surface area contributed by atoms with Gasteiger partial charge in [0.2, 0.25) is 0 Å². The lowest BCUT2D eigenvalue weighted by Crippen LogP contribution is -2.61. The molecule has 422 valence electrons. The van der Waals surface area contributed by atoms with Gasteiger partial charge in [0.1, 0.15) is 0 Å². The Labute approximate surface area is 522 Å². The summed E-state index contributed by atoms with van der Waals surface area (Å²) < 4.78 is 2.37. The van der Waals surface area contributed by atoms with Gasteiger partial charge in [0.25, 0.3) is 6.71 Å². The van der Waals surface area contributed by atoms with Crippen molar-refractivity contribution >= 4 is 79.0 Å². The summed E-state index contributed by atoms with van der Waals surface area (Å²) in [6.07, 6.45) is 0. The number of aromatic nitrogens is 6. The molecule has 0 spiro atoms. The molecule has 0 atom stereocenters. The molecule has 0 radical (unpaired) electrons. The molecule has 0 bridgehead atoms. The van der Waals surface area contributed by atoms with Gasteiger partial charge in [-0.15, -0.1) is 0 Å². The lowest BCUT2D eigenvalue weighted by molar-refractivity contribution is 1.07. The molecular formula is C81H55BN8. The predicted molar refractivity (Wildman–Crippen MR) is 371 cm³/mol. The van der Waals surface area contributed by atoms with E-state index < -0.39 is 0 Å². The first-order valence-corrected chi connectivity index (χ1v) is 30.6. The fourth-order valence-corrected chi connectivity index (χ4v) is 13.6. The van der Waals surface area contributed by atoms with Crippen LogP contribution in [0.5, 0.6) is 0 Å². The Morgan fingerprint density at radius 1 is 0.289 bits per heavy atom. The third-order valence-electron chi connectivity index (χ3n) is 17.8. The van der Waals surface area contributed by atoms with E-state index >= 15 is 0 Å². The SMILES string of the molecule is Cc1ccc2c(c1)c1cc(C)ccc1n2-c1ccc(-c2nc(-c3ccccc3)nc(-c3ccccc3)n2)cc1-c1nc(-c2ccccc2)cc(-c2ccc(-c3ccc4c5c3N(c3ccccc3)c3ccccc3B5c3ccccc3N4c3ccccc3)cc2)n1. The summed E-state index contributed by atoms with van der Waals surface area (Å²) in [5.41, 5.74) is 25.4. The first-order valence-electron chi connectivity index (χ1n) is 30.6. The number of aryl methyl sites for hydroxylation is 2. The van der Waals surface area contributed by atoms with Crippen LogP contribution in [0.3, 0.4) is 0 Å². The number of fused-ring (bicyclic) bond motifs is 7. The summed E-state index contributed by atoms with van der Waals surface area (Å²) in [5.74, 6) is 2.27. The smallest absolute Gasteiger partial charge is 0.252 e. The van der Waals surface area contributed by atoms with Crippen LogP contribution >= 0.6 is 0 Å². The van der Waals surface area contributed by atoms with E-state index in [2.05, 4.69) is 259 Å². The molecule has 0 unspecified atom stereocenters. The fraction of sp³-hybridized carbons (Fsp3) is 0.0247. The van der Waals surface area contributed by atoms with Crippen LogP contribution < -0.4 is 26.2 Å². The van der Waals surface area contributed by atoms with Crippen molar-refractivity contribution < 1.29 is 0 Å². The zero-order valence-corrected chi connectivity index (χ0v) is 49.4. The zero-order valence-electron chi connectivity index (χ0n) is 49.4. The highest BCUT2D eigenvalue weighted by atomic mass is 15.2. The van der Waals surface area contributed by atoms with Crippen molar-refractivity contribution in [2.24, 2.45) is 0 Å². The van der Waals surface area contributed by atoms with Gasteiger partial charge in [0, 0.05) is 78.2 Å². The molecule has 5 heterocycles. The molecule has 9 heteroatoms. The van der Waals surface area contributed by atoms with Crippen molar-refractivity contribution in [3.8, 4) is 84.9 Å². The number of hydrogen-bond acceptors (Lipinski definition) is 7. The van der Waals surface area contributed by atoms with Crippen LogP contribution in [-0.4, -0.2) is 36.2 Å². The number of hydrogen-bond donors (Lipinski definition) is 0. The maximum absolute atomic E-state index is 5.68. The Bertz CT molecular complexity index is 5140. The van der Waals surface area contributed by atoms with Crippen LogP contribution in [0, 0.1) is 13.8 Å². The van der Waals surface area contributed by atoms with Crippen LogP contribution in [0.25, 0.3) is 107 Å². The van der Waals surface area contributed by atoms with E-state index in [0.717, 1.165) is 95.4 Å². The summed E-state index contributed by atoms with van der Waals surface area (Å²) in [6.45, 7) is 4.31. The molecule has 2 aliphatic rings. The van der Waals surface area contributed by atoms with Crippen molar-refractivity contribution in [1.82, 2.24) is 29.5 Å². The van der Waals surface area contributed by atoms with Crippen molar-refractivity contribution in [2.45, 2.75) is 13.8 Å². The van der Waals surface area contributed by atoms with Crippen LogP contribution in [-0.2, 0) is 0 Å². The molecule has 8 nitrogen and oxygen atoms in total. The topological polar surface area (TPSA) is 75.9 Å². The molecule has 17 rings (SSSR count). The minimum absolute atomic E-state index is 0.0153. The molecule has 0 aliphatic carbocycles. The van der Waals surface area contributed by atoms with Crippen molar-refractivity contribution in [3.05, 3.63) is 308 Å². The van der Waals surface area contributed by atoms with Gasteiger partial charge in [0.15, 0.2) is 23.3 Å². The Kier molecular flexibility index (Phi) is 12.6. The second-order valence-electron chi connectivity index (χ2n) is 23.3. The molecule has 0 saturated heterocycles. The highest BCUT2D eigenvalue weighted by Crippen LogP contribution is 2.48. The molecule has 0 fully saturated rings. The Morgan fingerprint density at radius 2 is 0.722 bits per heavy atom. The Morgan fingerprint density at radius 3 is 1.28 bits per heavy atom.